The number of carbonyl (C=O) groups excluding carboxylic acids is 2. The molecule has 0 aliphatic heterocycles. The van der Waals surface area contributed by atoms with Crippen LogP contribution < -0.4 is 34.7 Å². The van der Waals surface area contributed by atoms with Crippen LogP contribution in [0.3, 0.4) is 0 Å². The van der Waals surface area contributed by atoms with E-state index in [-0.39, 0.29) is 35.1 Å². The van der Waals surface area contributed by atoms with Crippen molar-refractivity contribution in [2.45, 2.75) is 13.3 Å². The fourth-order valence-corrected chi connectivity index (χ4v) is 0.927. The van der Waals surface area contributed by atoms with Crippen LogP contribution in [0, 0.1) is 0 Å². The number of aliphatic carboxylic acids is 1. The Hall–Kier alpha value is -0.380. The van der Waals surface area contributed by atoms with Crippen molar-refractivity contribution < 1.29 is 44.3 Å². The van der Waals surface area contributed by atoms with E-state index in [4.69, 9.17) is 0 Å². The number of carbonyl (C=O) groups is 2. The summed E-state index contributed by atoms with van der Waals surface area (Å²) >= 11 is 0. The van der Waals surface area contributed by atoms with Crippen molar-refractivity contribution in [2.24, 2.45) is 0 Å². The molecule has 1 rings (SSSR count). The second-order valence-electron chi connectivity index (χ2n) is 2.36. The average molecular weight is 174 g/mol. The molecule has 0 atom stereocenters. The molecule has 4 heteroatoms. The Kier molecular flexibility index (Phi) is 4.45. The molecule has 0 amide bonds. The smallest absolute Gasteiger partial charge is 0.545 e. The molecule has 0 heterocycles. The summed E-state index contributed by atoms with van der Waals surface area (Å²) in [6, 6.07) is 0. The third kappa shape index (κ3) is 2.30. The monoisotopic (exact) mass is 174 g/mol. The van der Waals surface area contributed by atoms with Gasteiger partial charge < -0.3 is 9.90 Å². The zero-order valence-electron chi connectivity index (χ0n) is 7.09. The van der Waals surface area contributed by atoms with E-state index in [1.54, 1.807) is 13.0 Å². The molecule has 3 nitrogen and oxygen atoms in total. The molecule has 0 bridgehead atoms. The molecule has 0 aromatic heterocycles. The molecule has 0 saturated heterocycles. The van der Waals surface area contributed by atoms with Gasteiger partial charge in [-0.2, -0.15) is 0 Å². The number of hydrogen-bond acceptors (Lipinski definition) is 3. The molecular weight excluding hydrogens is 167 g/mol. The standard InChI is InChI=1S/C8H8O3.Na/c1-5-3-2-4-6(7(5)9)8(10)11;/h3-4H,2H2,1H3,(H,10,11);/q;+1/p-1. The second-order valence-corrected chi connectivity index (χ2v) is 2.36. The van der Waals surface area contributed by atoms with Crippen LogP contribution in [0.2, 0.25) is 0 Å². The van der Waals surface area contributed by atoms with Gasteiger partial charge in [-0.3, -0.25) is 4.79 Å². The van der Waals surface area contributed by atoms with E-state index in [0.717, 1.165) is 0 Å². The summed E-state index contributed by atoms with van der Waals surface area (Å²) in [5.41, 5.74) is 0.261. The molecule has 0 spiro atoms. The SMILES string of the molecule is CC1=CCC=C(C(=O)[O-])C1=O.[Na+]. The van der Waals surface area contributed by atoms with Crippen molar-refractivity contribution >= 4 is 11.8 Å². The van der Waals surface area contributed by atoms with Crippen molar-refractivity contribution in [1.29, 1.82) is 0 Å². The van der Waals surface area contributed by atoms with E-state index in [1.165, 1.54) is 6.08 Å². The molecule has 0 fully saturated rings. The Morgan fingerprint density at radius 2 is 2.08 bits per heavy atom. The summed E-state index contributed by atoms with van der Waals surface area (Å²) in [4.78, 5) is 21.3. The van der Waals surface area contributed by atoms with Crippen molar-refractivity contribution in [3.05, 3.63) is 23.3 Å². The van der Waals surface area contributed by atoms with Crippen LogP contribution in [-0.2, 0) is 9.59 Å². The quantitative estimate of drug-likeness (QED) is 0.307. The molecule has 1 aliphatic carbocycles. The van der Waals surface area contributed by atoms with E-state index in [2.05, 4.69) is 0 Å². The number of carboxylic acids is 1. The molecule has 0 saturated carbocycles. The Morgan fingerprint density at radius 1 is 1.50 bits per heavy atom. The predicted octanol–water partition coefficient (Wildman–Crippen LogP) is -3.41. The van der Waals surface area contributed by atoms with Crippen molar-refractivity contribution in [1.82, 2.24) is 0 Å². The minimum Gasteiger partial charge on any atom is -0.545 e. The largest absolute Gasteiger partial charge is 1.00 e. The third-order valence-corrected chi connectivity index (χ3v) is 1.57. The molecule has 12 heavy (non-hydrogen) atoms. The van der Waals surface area contributed by atoms with Crippen LogP contribution in [0.15, 0.2) is 23.3 Å². The molecule has 58 valence electrons. The first-order valence-electron chi connectivity index (χ1n) is 3.26. The van der Waals surface area contributed by atoms with E-state index in [0.29, 0.717) is 12.0 Å². The number of allylic oxidation sites excluding steroid dienone is 3. The number of Topliss-reactive ketones (excluding diaryl/α,β-unsaturated/α-hetero) is 1. The van der Waals surface area contributed by atoms with Crippen molar-refractivity contribution in [2.75, 3.05) is 0 Å². The third-order valence-electron chi connectivity index (χ3n) is 1.57. The van der Waals surface area contributed by atoms with Gasteiger partial charge in [0, 0.05) is 5.57 Å². The zero-order chi connectivity index (χ0) is 8.43. The Labute approximate surface area is 92.4 Å². The Morgan fingerprint density at radius 3 is 2.50 bits per heavy atom. The van der Waals surface area contributed by atoms with Crippen LogP contribution in [0.25, 0.3) is 0 Å². The maximum Gasteiger partial charge on any atom is 1.00 e. The predicted molar refractivity (Wildman–Crippen MR) is 36.5 cm³/mol. The first-order chi connectivity index (χ1) is 5.13. The summed E-state index contributed by atoms with van der Waals surface area (Å²) in [6.07, 6.45) is 3.56. The maximum absolute atomic E-state index is 11.0. The molecule has 1 aliphatic rings. The summed E-state index contributed by atoms with van der Waals surface area (Å²) < 4.78 is 0. The van der Waals surface area contributed by atoms with Crippen molar-refractivity contribution in [3.63, 3.8) is 0 Å². The summed E-state index contributed by atoms with van der Waals surface area (Å²) in [7, 11) is 0. The van der Waals surface area contributed by atoms with Crippen LogP contribution in [0.1, 0.15) is 13.3 Å². The second kappa shape index (κ2) is 4.60. The maximum atomic E-state index is 11.0. The molecule has 0 aromatic rings. The Bertz CT molecular complexity index is 276. The average Bonchev–Trinajstić information content (AvgIpc) is 1.94. The normalized spacial score (nSPS) is 15.9. The molecule has 0 N–H and O–H groups in total. The van der Waals surface area contributed by atoms with E-state index < -0.39 is 11.8 Å². The van der Waals surface area contributed by atoms with Gasteiger partial charge in [-0.25, -0.2) is 0 Å². The molecule has 0 aromatic carbocycles. The fourth-order valence-electron chi connectivity index (χ4n) is 0.927. The fraction of sp³-hybridized carbons (Fsp3) is 0.250. The van der Waals surface area contributed by atoms with Gasteiger partial charge >= 0.3 is 29.6 Å². The molecule has 0 radical (unpaired) electrons. The summed E-state index contributed by atoms with van der Waals surface area (Å²) in [5, 5.41) is 10.3. The van der Waals surface area contributed by atoms with Gasteiger partial charge in [0.1, 0.15) is 0 Å². The summed E-state index contributed by atoms with van der Waals surface area (Å²) in [5.74, 6) is -1.82. The first kappa shape index (κ1) is 11.6. The Balaban J connectivity index is 0.00000121. The summed E-state index contributed by atoms with van der Waals surface area (Å²) in [6.45, 7) is 1.60. The van der Waals surface area contributed by atoms with Crippen LogP contribution in [-0.4, -0.2) is 11.8 Å². The van der Waals surface area contributed by atoms with Crippen LogP contribution in [0.5, 0.6) is 0 Å². The van der Waals surface area contributed by atoms with Crippen molar-refractivity contribution in [3.8, 4) is 0 Å². The topological polar surface area (TPSA) is 57.2 Å². The van der Waals surface area contributed by atoms with Gasteiger partial charge in [-0.15, -0.1) is 0 Å². The first-order valence-corrected chi connectivity index (χ1v) is 3.26. The number of carboxylic acid groups (broad SMARTS) is 1. The van der Waals surface area contributed by atoms with Gasteiger partial charge in [0.25, 0.3) is 0 Å². The minimum absolute atomic E-state index is 0. The van der Waals surface area contributed by atoms with Gasteiger partial charge in [0.05, 0.1) is 5.97 Å². The number of ketones is 1. The zero-order valence-corrected chi connectivity index (χ0v) is 9.09. The van der Waals surface area contributed by atoms with Crippen LogP contribution >= 0.6 is 0 Å². The van der Waals surface area contributed by atoms with Gasteiger partial charge in [0.15, 0.2) is 5.78 Å². The van der Waals surface area contributed by atoms with E-state index >= 15 is 0 Å². The van der Waals surface area contributed by atoms with E-state index in [1.807, 2.05) is 0 Å². The van der Waals surface area contributed by atoms with Gasteiger partial charge in [-0.1, -0.05) is 12.2 Å². The van der Waals surface area contributed by atoms with Gasteiger partial charge in [0.2, 0.25) is 0 Å². The minimum atomic E-state index is -1.39. The molecule has 0 unspecified atom stereocenters. The van der Waals surface area contributed by atoms with E-state index in [9.17, 15) is 14.7 Å². The van der Waals surface area contributed by atoms with Crippen LogP contribution in [0.4, 0.5) is 0 Å². The number of hydrogen-bond donors (Lipinski definition) is 0. The molecular formula is C8H7NaO3. The van der Waals surface area contributed by atoms with Gasteiger partial charge in [-0.05, 0) is 18.9 Å². The number of rotatable bonds is 1.